The van der Waals surface area contributed by atoms with Gasteiger partial charge in [0.2, 0.25) is 10.0 Å². The number of halogens is 1. The van der Waals surface area contributed by atoms with Gasteiger partial charge in [0.15, 0.2) is 5.96 Å². The van der Waals surface area contributed by atoms with Crippen LogP contribution in [0.5, 0.6) is 5.75 Å². The van der Waals surface area contributed by atoms with Gasteiger partial charge < -0.3 is 15.4 Å². The first-order valence-electron chi connectivity index (χ1n) is 10.8. The smallest absolute Gasteiger partial charge is 0.243 e. The number of hydrogen-bond acceptors (Lipinski definition) is 4. The third kappa shape index (κ3) is 5.93. The van der Waals surface area contributed by atoms with Gasteiger partial charge >= 0.3 is 0 Å². The summed E-state index contributed by atoms with van der Waals surface area (Å²) in [6.07, 6.45) is 2.66. The first-order valence-corrected chi connectivity index (χ1v) is 12.2. The van der Waals surface area contributed by atoms with Crippen molar-refractivity contribution in [3.05, 3.63) is 60.2 Å². The van der Waals surface area contributed by atoms with E-state index in [1.54, 1.807) is 35.6 Å². The lowest BCUT2D eigenvalue weighted by molar-refractivity contribution is 0.234. The van der Waals surface area contributed by atoms with Crippen molar-refractivity contribution in [3.8, 4) is 5.75 Å². The van der Waals surface area contributed by atoms with Gasteiger partial charge in [-0.15, -0.1) is 24.0 Å². The number of hydrogen-bond donors (Lipinski definition) is 2. The van der Waals surface area contributed by atoms with Crippen LogP contribution in [0.3, 0.4) is 0 Å². The number of sulfonamides is 1. The van der Waals surface area contributed by atoms with Gasteiger partial charge in [-0.05, 0) is 42.5 Å². The van der Waals surface area contributed by atoms with Gasteiger partial charge in [-0.1, -0.05) is 36.4 Å². The lowest BCUT2D eigenvalue weighted by atomic mass is 9.98. The van der Waals surface area contributed by atoms with Crippen molar-refractivity contribution in [1.82, 2.24) is 14.9 Å². The van der Waals surface area contributed by atoms with E-state index in [-0.39, 0.29) is 30.1 Å². The third-order valence-corrected chi connectivity index (χ3v) is 7.86. The Balaban J connectivity index is 0.00000289. The van der Waals surface area contributed by atoms with E-state index < -0.39 is 10.0 Å². The summed E-state index contributed by atoms with van der Waals surface area (Å²) in [5.41, 5.74) is 1.24. The number of nitrogens with zero attached hydrogens (tertiary/aromatic N) is 2. The number of fused-ring (bicyclic) bond motifs is 1. The predicted molar refractivity (Wildman–Crippen MR) is 137 cm³/mol. The Kier molecular flexibility index (Phi) is 8.78. The molecule has 1 fully saturated rings. The highest BCUT2D eigenvalue weighted by atomic mass is 127. The van der Waals surface area contributed by atoms with Gasteiger partial charge in [-0.2, -0.15) is 4.31 Å². The zero-order chi connectivity index (χ0) is 21.7. The maximum atomic E-state index is 12.8. The number of aliphatic imine (C=N–C) groups is 1. The van der Waals surface area contributed by atoms with E-state index in [0.29, 0.717) is 30.4 Å². The van der Waals surface area contributed by atoms with Gasteiger partial charge in [0.05, 0.1) is 11.4 Å². The van der Waals surface area contributed by atoms with Crippen LogP contribution in [0.4, 0.5) is 0 Å². The summed E-state index contributed by atoms with van der Waals surface area (Å²) in [5.74, 6) is 2.13. The maximum absolute atomic E-state index is 12.8. The summed E-state index contributed by atoms with van der Waals surface area (Å²) in [6.45, 7) is 2.54. The summed E-state index contributed by atoms with van der Waals surface area (Å²) in [6, 6.07) is 16.8. The van der Waals surface area contributed by atoms with Gasteiger partial charge in [-0.25, -0.2) is 8.42 Å². The Morgan fingerprint density at radius 1 is 1.03 bits per heavy atom. The highest BCUT2D eigenvalue weighted by molar-refractivity contribution is 14.0. The maximum Gasteiger partial charge on any atom is 0.243 e. The molecule has 0 radical (unpaired) electrons. The van der Waals surface area contributed by atoms with Crippen LogP contribution in [-0.2, 0) is 16.4 Å². The van der Waals surface area contributed by atoms with Crippen LogP contribution in [0.2, 0.25) is 0 Å². The molecule has 1 unspecified atom stereocenters. The molecule has 4 rings (SSSR count). The molecule has 2 N–H and O–H groups in total. The standard InChI is InChI=1S/C23H30N4O3S.HI/c1-24-23(26-17-20-15-19-7-5-6-10-22(19)30-20)25-16-18-11-13-27(14-12-18)31(28,29)21-8-3-2-4-9-21;/h2-10,18,20H,11-17H2,1H3,(H2,24,25,26);1H. The molecule has 2 aromatic carbocycles. The molecule has 2 aliphatic rings. The zero-order valence-corrected chi connectivity index (χ0v) is 21.4. The van der Waals surface area contributed by atoms with Crippen molar-refractivity contribution >= 4 is 40.0 Å². The minimum atomic E-state index is -3.40. The van der Waals surface area contributed by atoms with E-state index >= 15 is 0 Å². The molecule has 1 atom stereocenters. The molecule has 174 valence electrons. The Hall–Kier alpha value is -1.85. The number of benzene rings is 2. The van der Waals surface area contributed by atoms with Crippen molar-refractivity contribution in [2.75, 3.05) is 33.2 Å². The van der Waals surface area contributed by atoms with E-state index in [9.17, 15) is 8.42 Å². The number of guanidine groups is 1. The summed E-state index contributed by atoms with van der Waals surface area (Å²) < 4.78 is 33.1. The van der Waals surface area contributed by atoms with E-state index in [1.165, 1.54) is 5.56 Å². The first-order chi connectivity index (χ1) is 15.1. The molecular formula is C23H31IN4O3S. The quantitative estimate of drug-likeness (QED) is 0.317. The number of rotatable bonds is 6. The number of ether oxygens (including phenoxy) is 1. The normalized spacial score (nSPS) is 19.5. The molecular weight excluding hydrogens is 539 g/mol. The molecule has 2 aromatic rings. The molecule has 1 saturated heterocycles. The molecule has 0 aromatic heterocycles. The molecule has 2 heterocycles. The van der Waals surface area contributed by atoms with Crippen LogP contribution < -0.4 is 15.4 Å². The average molecular weight is 570 g/mol. The minimum Gasteiger partial charge on any atom is -0.488 e. The molecule has 9 heteroatoms. The first kappa shape index (κ1) is 24.8. The van der Waals surface area contributed by atoms with Crippen LogP contribution in [0.15, 0.2) is 64.5 Å². The minimum absolute atomic E-state index is 0. The zero-order valence-electron chi connectivity index (χ0n) is 18.2. The van der Waals surface area contributed by atoms with Gasteiger partial charge in [0.1, 0.15) is 11.9 Å². The van der Waals surface area contributed by atoms with Crippen LogP contribution in [0, 0.1) is 5.92 Å². The highest BCUT2D eigenvalue weighted by Gasteiger charge is 2.29. The number of nitrogens with one attached hydrogen (secondary N) is 2. The van der Waals surface area contributed by atoms with Crippen molar-refractivity contribution in [2.45, 2.75) is 30.3 Å². The highest BCUT2D eigenvalue weighted by Crippen LogP contribution is 2.27. The number of piperidine rings is 1. The largest absolute Gasteiger partial charge is 0.488 e. The summed E-state index contributed by atoms with van der Waals surface area (Å²) in [5, 5.41) is 6.73. The van der Waals surface area contributed by atoms with E-state index in [0.717, 1.165) is 37.5 Å². The fraction of sp³-hybridized carbons (Fsp3) is 0.435. The van der Waals surface area contributed by atoms with Crippen molar-refractivity contribution in [1.29, 1.82) is 0 Å². The second kappa shape index (κ2) is 11.3. The SMILES string of the molecule is CN=C(NCC1CCN(S(=O)(=O)c2ccccc2)CC1)NCC1Cc2ccccc2O1.I. The molecule has 0 spiro atoms. The summed E-state index contributed by atoms with van der Waals surface area (Å²) in [7, 11) is -1.64. The van der Waals surface area contributed by atoms with Crippen LogP contribution >= 0.6 is 24.0 Å². The van der Waals surface area contributed by atoms with E-state index in [1.807, 2.05) is 24.3 Å². The second-order valence-corrected chi connectivity index (χ2v) is 9.98. The lowest BCUT2D eigenvalue weighted by Crippen LogP contribution is -2.46. The van der Waals surface area contributed by atoms with Gasteiger partial charge in [-0.3, -0.25) is 4.99 Å². The number of para-hydroxylation sites is 1. The van der Waals surface area contributed by atoms with Crippen LogP contribution in [0.25, 0.3) is 0 Å². The van der Waals surface area contributed by atoms with Crippen LogP contribution in [0.1, 0.15) is 18.4 Å². The summed E-state index contributed by atoms with van der Waals surface area (Å²) >= 11 is 0. The van der Waals surface area contributed by atoms with Crippen molar-refractivity contribution in [3.63, 3.8) is 0 Å². The van der Waals surface area contributed by atoms with Gasteiger partial charge in [0.25, 0.3) is 0 Å². The monoisotopic (exact) mass is 570 g/mol. The summed E-state index contributed by atoms with van der Waals surface area (Å²) in [4.78, 5) is 4.68. The lowest BCUT2D eigenvalue weighted by Gasteiger charge is -2.31. The Labute approximate surface area is 207 Å². The average Bonchev–Trinajstić information content (AvgIpc) is 3.23. The second-order valence-electron chi connectivity index (χ2n) is 8.05. The van der Waals surface area contributed by atoms with E-state index in [2.05, 4.69) is 21.7 Å². The topological polar surface area (TPSA) is 83.0 Å². The van der Waals surface area contributed by atoms with Crippen LogP contribution in [-0.4, -0.2) is 58.0 Å². The molecule has 0 aliphatic carbocycles. The molecule has 0 saturated carbocycles. The molecule has 2 aliphatic heterocycles. The van der Waals surface area contributed by atoms with Gasteiger partial charge in [0, 0.05) is 33.1 Å². The Morgan fingerprint density at radius 2 is 1.69 bits per heavy atom. The van der Waals surface area contributed by atoms with Crippen molar-refractivity contribution in [2.24, 2.45) is 10.9 Å². The molecule has 0 amide bonds. The third-order valence-electron chi connectivity index (χ3n) is 5.95. The fourth-order valence-electron chi connectivity index (χ4n) is 4.14. The van der Waals surface area contributed by atoms with E-state index in [4.69, 9.17) is 4.74 Å². The Bertz CT molecular complexity index is 984. The fourth-order valence-corrected chi connectivity index (χ4v) is 5.63. The Morgan fingerprint density at radius 3 is 2.38 bits per heavy atom. The predicted octanol–water partition coefficient (Wildman–Crippen LogP) is 2.87. The molecule has 0 bridgehead atoms. The molecule has 7 nitrogen and oxygen atoms in total. The molecule has 32 heavy (non-hydrogen) atoms. The van der Waals surface area contributed by atoms with Crippen molar-refractivity contribution < 1.29 is 13.2 Å².